The molecule has 0 spiro atoms. The second-order valence-electron chi connectivity index (χ2n) is 10.6. The number of aromatic nitrogens is 2. The SMILES string of the molecule is BC(B)(c1ccnc(-c2ccc3c4cccc5c6ccccc6n(c3c2)c54)c1)C(C)(C)C. The van der Waals surface area contributed by atoms with Crippen LogP contribution in [0.3, 0.4) is 0 Å². The largest absolute Gasteiger partial charge is 0.308 e. The summed E-state index contributed by atoms with van der Waals surface area (Å²) in [5.41, 5.74) is 7.50. The number of hydrogen-bond acceptors (Lipinski definition) is 1. The maximum absolute atomic E-state index is 4.77. The van der Waals surface area contributed by atoms with Crippen molar-refractivity contribution in [2.75, 3.05) is 0 Å². The lowest BCUT2D eigenvalue weighted by atomic mass is 9.41. The van der Waals surface area contributed by atoms with Crippen LogP contribution < -0.4 is 0 Å². The number of para-hydroxylation sites is 2. The minimum absolute atomic E-state index is 0.0421. The van der Waals surface area contributed by atoms with Gasteiger partial charge < -0.3 is 4.40 Å². The molecule has 0 atom stereocenters. The molecule has 4 heteroatoms. The molecule has 3 heterocycles. The van der Waals surface area contributed by atoms with Crippen molar-refractivity contribution in [2.45, 2.75) is 26.0 Å². The van der Waals surface area contributed by atoms with Crippen LogP contribution in [0.5, 0.6) is 0 Å². The van der Waals surface area contributed by atoms with Crippen LogP contribution in [-0.4, -0.2) is 25.1 Å². The molecule has 6 aromatic rings. The highest BCUT2D eigenvalue weighted by atomic mass is 14.9. The Balaban J connectivity index is 1.63. The van der Waals surface area contributed by atoms with Crippen molar-refractivity contribution in [3.05, 3.63) is 84.6 Å². The molecule has 3 aromatic heterocycles. The summed E-state index contributed by atoms with van der Waals surface area (Å²) >= 11 is 0. The molecular weight excluding hydrogens is 386 g/mol. The maximum atomic E-state index is 4.77. The number of hydrogen-bond donors (Lipinski definition) is 0. The molecule has 0 radical (unpaired) electrons. The van der Waals surface area contributed by atoms with Crippen molar-refractivity contribution >= 4 is 53.8 Å². The van der Waals surface area contributed by atoms with E-state index in [1.165, 1.54) is 43.7 Å². The first kappa shape index (κ1) is 19.4. The molecular formula is C28H26B2N2. The molecule has 0 aliphatic rings. The van der Waals surface area contributed by atoms with Crippen LogP contribution in [0.15, 0.2) is 79.0 Å². The monoisotopic (exact) mass is 412 g/mol. The van der Waals surface area contributed by atoms with Gasteiger partial charge in [0, 0.05) is 33.3 Å². The third kappa shape index (κ3) is 2.53. The van der Waals surface area contributed by atoms with E-state index in [0.29, 0.717) is 0 Å². The van der Waals surface area contributed by atoms with Crippen LogP contribution in [0.4, 0.5) is 0 Å². The van der Waals surface area contributed by atoms with Crippen LogP contribution in [0, 0.1) is 5.41 Å². The number of benzene rings is 3. The van der Waals surface area contributed by atoms with Gasteiger partial charge in [-0.1, -0.05) is 80.1 Å². The normalized spacial score (nSPS) is 13.1. The Labute approximate surface area is 190 Å². The molecule has 0 aliphatic heterocycles. The van der Waals surface area contributed by atoms with Crippen molar-refractivity contribution in [1.29, 1.82) is 0 Å². The Morgan fingerprint density at radius 1 is 0.719 bits per heavy atom. The first-order valence-corrected chi connectivity index (χ1v) is 11.4. The van der Waals surface area contributed by atoms with Gasteiger partial charge in [-0.2, -0.15) is 0 Å². The standard InChI is InChI=1S/C28H26B2N2/c1-27(2,3)28(29,30)18-13-14-31-23(16-18)17-11-12-20-22-9-6-8-21-19-7-4-5-10-24(19)32(26(21)22)25(20)15-17/h4-16H,29-30H2,1-3H3. The van der Waals surface area contributed by atoms with Crippen LogP contribution in [0.25, 0.3) is 49.4 Å². The highest BCUT2D eigenvalue weighted by molar-refractivity contribution is 6.40. The third-order valence-electron chi connectivity index (χ3n) is 7.88. The van der Waals surface area contributed by atoms with Crippen LogP contribution >= 0.6 is 0 Å². The van der Waals surface area contributed by atoms with Crippen molar-refractivity contribution < 1.29 is 0 Å². The predicted octanol–water partition coefficient (Wildman–Crippen LogP) is 5.36. The summed E-state index contributed by atoms with van der Waals surface area (Å²) in [5, 5.41) is 5.29. The van der Waals surface area contributed by atoms with Gasteiger partial charge in [-0.25, -0.2) is 0 Å². The number of pyridine rings is 1. The van der Waals surface area contributed by atoms with Gasteiger partial charge in [0.1, 0.15) is 15.7 Å². The highest BCUT2D eigenvalue weighted by Gasteiger charge is 2.34. The number of rotatable bonds is 2. The van der Waals surface area contributed by atoms with Crippen molar-refractivity contribution in [1.82, 2.24) is 9.38 Å². The summed E-state index contributed by atoms with van der Waals surface area (Å²) in [6.45, 7) is 6.92. The molecule has 0 N–H and O–H groups in total. The Morgan fingerprint density at radius 2 is 1.41 bits per heavy atom. The zero-order valence-electron chi connectivity index (χ0n) is 19.4. The van der Waals surface area contributed by atoms with E-state index in [4.69, 9.17) is 4.98 Å². The predicted molar refractivity (Wildman–Crippen MR) is 143 cm³/mol. The molecule has 6 rings (SSSR count). The Hall–Kier alpha value is -3.26. The summed E-state index contributed by atoms with van der Waals surface area (Å²) in [6.07, 6.45) is 1.96. The van der Waals surface area contributed by atoms with Crippen LogP contribution in [-0.2, 0) is 5.21 Å². The van der Waals surface area contributed by atoms with Crippen molar-refractivity contribution in [2.24, 2.45) is 5.41 Å². The molecule has 0 unspecified atom stereocenters. The van der Waals surface area contributed by atoms with Crippen LogP contribution in [0.1, 0.15) is 26.3 Å². The first-order chi connectivity index (χ1) is 15.3. The summed E-state index contributed by atoms with van der Waals surface area (Å²) < 4.78 is 2.43. The molecule has 3 aromatic carbocycles. The van der Waals surface area contributed by atoms with Crippen LogP contribution in [0.2, 0.25) is 0 Å². The molecule has 0 saturated carbocycles. The summed E-state index contributed by atoms with van der Waals surface area (Å²) in [6, 6.07) is 26.6. The fraction of sp³-hybridized carbons (Fsp3) is 0.179. The van der Waals surface area contributed by atoms with Gasteiger partial charge in [0.25, 0.3) is 0 Å². The second kappa shape index (κ2) is 6.38. The van der Waals surface area contributed by atoms with Gasteiger partial charge in [0.05, 0.1) is 22.2 Å². The fourth-order valence-corrected chi connectivity index (χ4v) is 5.00. The van der Waals surface area contributed by atoms with Crippen molar-refractivity contribution in [3.63, 3.8) is 0 Å². The molecule has 0 saturated heterocycles. The average molecular weight is 412 g/mol. The molecule has 2 nitrogen and oxygen atoms in total. The lowest BCUT2D eigenvalue weighted by Gasteiger charge is -2.40. The zero-order chi connectivity index (χ0) is 22.3. The van der Waals surface area contributed by atoms with E-state index in [1.54, 1.807) is 0 Å². The van der Waals surface area contributed by atoms with E-state index in [2.05, 4.69) is 114 Å². The molecule has 0 amide bonds. The van der Waals surface area contributed by atoms with E-state index in [1.807, 2.05) is 6.20 Å². The summed E-state index contributed by atoms with van der Waals surface area (Å²) in [7, 11) is 4.66. The minimum atomic E-state index is 0.0421. The minimum Gasteiger partial charge on any atom is -0.308 e. The second-order valence-corrected chi connectivity index (χ2v) is 10.6. The van der Waals surface area contributed by atoms with Gasteiger partial charge in [-0.15, -0.1) is 0 Å². The fourth-order valence-electron chi connectivity index (χ4n) is 5.00. The first-order valence-electron chi connectivity index (χ1n) is 11.4. The van der Waals surface area contributed by atoms with Gasteiger partial charge >= 0.3 is 0 Å². The molecule has 0 fully saturated rings. The van der Waals surface area contributed by atoms with Gasteiger partial charge in [0.2, 0.25) is 0 Å². The summed E-state index contributed by atoms with van der Waals surface area (Å²) in [5.74, 6) is 0. The molecule has 0 aliphatic carbocycles. The topological polar surface area (TPSA) is 17.3 Å². The molecule has 154 valence electrons. The Kier molecular flexibility index (Phi) is 3.88. The van der Waals surface area contributed by atoms with E-state index >= 15 is 0 Å². The molecule has 0 bridgehead atoms. The van der Waals surface area contributed by atoms with Gasteiger partial charge in [-0.3, -0.25) is 4.98 Å². The average Bonchev–Trinajstić information content (AvgIpc) is 3.30. The summed E-state index contributed by atoms with van der Waals surface area (Å²) in [4.78, 5) is 4.77. The highest BCUT2D eigenvalue weighted by Crippen LogP contribution is 2.41. The van der Waals surface area contributed by atoms with Crippen molar-refractivity contribution in [3.8, 4) is 11.3 Å². The quantitative estimate of drug-likeness (QED) is 0.350. The number of fused-ring (bicyclic) bond motifs is 6. The van der Waals surface area contributed by atoms with E-state index in [-0.39, 0.29) is 10.6 Å². The lowest BCUT2D eigenvalue weighted by Crippen LogP contribution is -2.41. The van der Waals surface area contributed by atoms with E-state index in [9.17, 15) is 0 Å². The Morgan fingerprint density at radius 3 is 2.16 bits per heavy atom. The Bertz CT molecular complexity index is 1640. The van der Waals surface area contributed by atoms with Gasteiger partial charge in [0.15, 0.2) is 0 Å². The van der Waals surface area contributed by atoms with Gasteiger partial charge in [-0.05, 0) is 29.7 Å². The smallest absolute Gasteiger partial charge is 0.105 e. The maximum Gasteiger partial charge on any atom is 0.105 e. The number of nitrogens with zero attached hydrogens (tertiary/aromatic N) is 2. The van der Waals surface area contributed by atoms with E-state index < -0.39 is 0 Å². The lowest BCUT2D eigenvalue weighted by molar-refractivity contribution is 0.358. The third-order valence-corrected chi connectivity index (χ3v) is 7.88. The van der Waals surface area contributed by atoms with E-state index in [0.717, 1.165) is 11.3 Å². The zero-order valence-corrected chi connectivity index (χ0v) is 19.4. The molecule has 32 heavy (non-hydrogen) atoms.